The van der Waals surface area contributed by atoms with Crippen molar-refractivity contribution in [3.8, 4) is 0 Å². The van der Waals surface area contributed by atoms with Crippen LogP contribution in [0.1, 0.15) is 39.0 Å². The number of carboxylic acid groups (broad SMARTS) is 1. The lowest BCUT2D eigenvalue weighted by atomic mass is 10.1. The molecule has 1 heterocycles. The van der Waals surface area contributed by atoms with Crippen molar-refractivity contribution >= 4 is 11.9 Å². The van der Waals surface area contributed by atoms with Crippen molar-refractivity contribution in [1.82, 2.24) is 4.90 Å². The van der Waals surface area contributed by atoms with Crippen LogP contribution >= 0.6 is 0 Å². The third-order valence-corrected chi connectivity index (χ3v) is 3.73. The molecule has 6 nitrogen and oxygen atoms in total. The lowest BCUT2D eigenvalue weighted by Gasteiger charge is -2.27. The molecule has 114 valence electrons. The lowest BCUT2D eigenvalue weighted by molar-refractivity contribution is -0.152. The predicted molar refractivity (Wildman–Crippen MR) is 71.4 cm³/mol. The van der Waals surface area contributed by atoms with Crippen LogP contribution < -0.4 is 0 Å². The molecule has 1 aliphatic heterocycles. The smallest absolute Gasteiger partial charge is 0.323 e. The van der Waals surface area contributed by atoms with Crippen LogP contribution in [0.5, 0.6) is 0 Å². The number of ether oxygens (including phenoxy) is 2. The van der Waals surface area contributed by atoms with E-state index in [-0.39, 0.29) is 24.6 Å². The summed E-state index contributed by atoms with van der Waals surface area (Å²) in [4.78, 5) is 24.5. The molecule has 0 aromatic heterocycles. The number of carboxylic acids is 1. The molecule has 0 bridgehead atoms. The summed E-state index contributed by atoms with van der Waals surface area (Å²) >= 11 is 0. The highest BCUT2D eigenvalue weighted by Crippen LogP contribution is 2.27. The first-order valence-corrected chi connectivity index (χ1v) is 7.33. The zero-order valence-corrected chi connectivity index (χ0v) is 11.9. The average Bonchev–Trinajstić information content (AvgIpc) is 3.27. The predicted octanol–water partition coefficient (Wildman–Crippen LogP) is 1.04. The Morgan fingerprint density at radius 1 is 1.35 bits per heavy atom. The summed E-state index contributed by atoms with van der Waals surface area (Å²) in [6.45, 7) is 2.60. The minimum Gasteiger partial charge on any atom is -0.480 e. The number of aliphatic carboxylic acids is 1. The fourth-order valence-corrected chi connectivity index (χ4v) is 2.41. The van der Waals surface area contributed by atoms with Gasteiger partial charge in [0.05, 0.1) is 12.7 Å². The quantitative estimate of drug-likeness (QED) is 0.756. The van der Waals surface area contributed by atoms with Gasteiger partial charge >= 0.3 is 5.97 Å². The number of nitrogens with zero attached hydrogens (tertiary/aromatic N) is 1. The standard InChI is InChI=1S/C14H23NO5/c1-10(20-9-12-4-2-3-7-19-12)14(18)15(8-13(16)17)11-5-6-11/h10-12H,2-9H2,1H3,(H,16,17). The molecule has 0 aromatic rings. The molecule has 1 amide bonds. The van der Waals surface area contributed by atoms with E-state index < -0.39 is 12.1 Å². The summed E-state index contributed by atoms with van der Waals surface area (Å²) in [5, 5.41) is 8.87. The van der Waals surface area contributed by atoms with Crippen molar-refractivity contribution in [3.63, 3.8) is 0 Å². The molecule has 2 unspecified atom stereocenters. The minimum atomic E-state index is -0.979. The van der Waals surface area contributed by atoms with Gasteiger partial charge in [0.2, 0.25) is 0 Å². The molecule has 6 heteroatoms. The van der Waals surface area contributed by atoms with Gasteiger partial charge in [-0.05, 0) is 39.0 Å². The molecule has 20 heavy (non-hydrogen) atoms. The summed E-state index contributed by atoms with van der Waals surface area (Å²) in [5.74, 6) is -1.21. The van der Waals surface area contributed by atoms with Gasteiger partial charge in [-0.2, -0.15) is 0 Å². The average molecular weight is 285 g/mol. The number of hydrogen-bond acceptors (Lipinski definition) is 4. The lowest BCUT2D eigenvalue weighted by Crippen LogP contribution is -2.44. The van der Waals surface area contributed by atoms with E-state index >= 15 is 0 Å². The van der Waals surface area contributed by atoms with Crippen LogP contribution in [0.25, 0.3) is 0 Å². The van der Waals surface area contributed by atoms with Crippen LogP contribution in [0, 0.1) is 0 Å². The Kier molecular flexibility index (Phi) is 5.37. The molecular weight excluding hydrogens is 262 g/mol. The molecule has 1 N–H and O–H groups in total. The molecule has 0 spiro atoms. The van der Waals surface area contributed by atoms with Gasteiger partial charge in [-0.15, -0.1) is 0 Å². The second kappa shape index (κ2) is 7.04. The first kappa shape index (κ1) is 15.3. The van der Waals surface area contributed by atoms with Crippen LogP contribution in [-0.2, 0) is 19.1 Å². The van der Waals surface area contributed by atoms with E-state index in [1.165, 1.54) is 4.90 Å². The SMILES string of the molecule is CC(OCC1CCCCO1)C(=O)N(CC(=O)O)C1CC1. The Morgan fingerprint density at radius 2 is 2.10 bits per heavy atom. The van der Waals surface area contributed by atoms with Gasteiger partial charge in [-0.1, -0.05) is 0 Å². The molecule has 2 atom stereocenters. The molecule has 2 aliphatic rings. The van der Waals surface area contributed by atoms with E-state index in [0.29, 0.717) is 6.61 Å². The molecule has 1 aliphatic carbocycles. The number of rotatable bonds is 7. The Labute approximate surface area is 119 Å². The van der Waals surface area contributed by atoms with Crippen LogP contribution in [0.2, 0.25) is 0 Å². The van der Waals surface area contributed by atoms with Crippen molar-refractivity contribution < 1.29 is 24.2 Å². The maximum absolute atomic E-state index is 12.2. The van der Waals surface area contributed by atoms with Crippen LogP contribution in [0.15, 0.2) is 0 Å². The Hall–Kier alpha value is -1.14. The third-order valence-electron chi connectivity index (χ3n) is 3.73. The van der Waals surface area contributed by atoms with Crippen molar-refractivity contribution in [2.75, 3.05) is 19.8 Å². The Balaban J connectivity index is 1.78. The third kappa shape index (κ3) is 4.45. The summed E-state index contributed by atoms with van der Waals surface area (Å²) in [5.41, 5.74) is 0. The van der Waals surface area contributed by atoms with Crippen LogP contribution in [0.3, 0.4) is 0 Å². The van der Waals surface area contributed by atoms with Crippen LogP contribution in [0.4, 0.5) is 0 Å². The second-order valence-corrected chi connectivity index (χ2v) is 5.56. The van der Waals surface area contributed by atoms with Crippen LogP contribution in [-0.4, -0.2) is 59.9 Å². The molecule has 1 saturated carbocycles. The van der Waals surface area contributed by atoms with E-state index in [0.717, 1.165) is 38.7 Å². The second-order valence-electron chi connectivity index (χ2n) is 5.56. The molecule has 2 fully saturated rings. The Morgan fingerprint density at radius 3 is 2.65 bits per heavy atom. The van der Waals surface area contributed by atoms with Gasteiger partial charge in [0.25, 0.3) is 5.91 Å². The minimum absolute atomic E-state index is 0.0628. The monoisotopic (exact) mass is 285 g/mol. The van der Waals surface area contributed by atoms with E-state index in [1.54, 1.807) is 6.92 Å². The maximum Gasteiger partial charge on any atom is 0.323 e. The van der Waals surface area contributed by atoms with Gasteiger partial charge < -0.3 is 19.5 Å². The van der Waals surface area contributed by atoms with Crippen molar-refractivity contribution in [3.05, 3.63) is 0 Å². The zero-order valence-electron chi connectivity index (χ0n) is 11.9. The zero-order chi connectivity index (χ0) is 14.5. The first-order valence-electron chi connectivity index (χ1n) is 7.33. The van der Waals surface area contributed by atoms with E-state index in [9.17, 15) is 9.59 Å². The normalized spacial score (nSPS) is 24.1. The number of hydrogen-bond donors (Lipinski definition) is 1. The van der Waals surface area contributed by atoms with Gasteiger partial charge in [0.1, 0.15) is 12.6 Å². The Bertz CT molecular complexity index is 349. The van der Waals surface area contributed by atoms with Crippen molar-refractivity contribution in [2.24, 2.45) is 0 Å². The maximum atomic E-state index is 12.2. The summed E-state index contributed by atoms with van der Waals surface area (Å²) < 4.78 is 11.1. The highest BCUT2D eigenvalue weighted by atomic mass is 16.5. The molecule has 2 rings (SSSR count). The first-order chi connectivity index (χ1) is 9.58. The number of amides is 1. The number of carbonyl (C=O) groups excluding carboxylic acids is 1. The summed E-state index contributed by atoms with van der Waals surface area (Å²) in [6, 6.07) is 0.0792. The molecule has 0 aromatic carbocycles. The molecule has 1 saturated heterocycles. The fraction of sp³-hybridized carbons (Fsp3) is 0.857. The van der Waals surface area contributed by atoms with Crippen molar-refractivity contribution in [1.29, 1.82) is 0 Å². The highest BCUT2D eigenvalue weighted by molar-refractivity contribution is 5.85. The number of carbonyl (C=O) groups is 2. The van der Waals surface area contributed by atoms with Gasteiger partial charge in [0, 0.05) is 12.6 Å². The van der Waals surface area contributed by atoms with E-state index in [4.69, 9.17) is 14.6 Å². The summed E-state index contributed by atoms with van der Waals surface area (Å²) in [6.07, 6.45) is 4.40. The van der Waals surface area contributed by atoms with Gasteiger partial charge in [-0.3, -0.25) is 9.59 Å². The highest BCUT2D eigenvalue weighted by Gasteiger charge is 2.36. The largest absolute Gasteiger partial charge is 0.480 e. The summed E-state index contributed by atoms with van der Waals surface area (Å²) in [7, 11) is 0. The van der Waals surface area contributed by atoms with Gasteiger partial charge in [0.15, 0.2) is 0 Å². The van der Waals surface area contributed by atoms with Crippen molar-refractivity contribution in [2.45, 2.75) is 57.3 Å². The van der Waals surface area contributed by atoms with Gasteiger partial charge in [-0.25, -0.2) is 0 Å². The van der Waals surface area contributed by atoms with E-state index in [1.807, 2.05) is 0 Å². The topological polar surface area (TPSA) is 76.1 Å². The van der Waals surface area contributed by atoms with E-state index in [2.05, 4.69) is 0 Å². The molecule has 0 radical (unpaired) electrons. The molecular formula is C14H23NO5. The fourth-order valence-electron chi connectivity index (χ4n) is 2.41.